The van der Waals surface area contributed by atoms with Gasteiger partial charge in [0.1, 0.15) is 11.5 Å². The third-order valence-electron chi connectivity index (χ3n) is 6.87. The van der Waals surface area contributed by atoms with E-state index in [2.05, 4.69) is 31.7 Å². The summed E-state index contributed by atoms with van der Waals surface area (Å²) in [4.78, 5) is 36.8. The van der Waals surface area contributed by atoms with Gasteiger partial charge < -0.3 is 15.6 Å². The Hall–Kier alpha value is -4.00. The zero-order valence-electron chi connectivity index (χ0n) is 18.0. The van der Waals surface area contributed by atoms with Crippen LogP contribution in [0.3, 0.4) is 0 Å². The Kier molecular flexibility index (Phi) is 4.50. The molecule has 0 bridgehead atoms. The predicted molar refractivity (Wildman–Crippen MR) is 126 cm³/mol. The maximum absolute atomic E-state index is 12.6. The summed E-state index contributed by atoms with van der Waals surface area (Å²) in [6.45, 7) is 0. The standard InChI is InChI=1S/C26H23N5O2/c32-24(16-8-12-27-13-9-16)30-22-7-6-18-20(15-28-23(18)29-22)17-4-5-19-21(14-17)26(31-25(19)33)10-2-1-3-11-26/h4-9,12-15H,1-3,10-11H2,(H,31,33)(H2,28,29,30,32). The summed E-state index contributed by atoms with van der Waals surface area (Å²) in [5.74, 6) is 0.279. The summed E-state index contributed by atoms with van der Waals surface area (Å²) in [5.41, 5.74) is 4.98. The van der Waals surface area contributed by atoms with Gasteiger partial charge in [0.15, 0.2) is 0 Å². The third-order valence-corrected chi connectivity index (χ3v) is 6.87. The second kappa shape index (κ2) is 7.55. The van der Waals surface area contributed by atoms with Gasteiger partial charge in [-0.1, -0.05) is 25.3 Å². The highest BCUT2D eigenvalue weighted by atomic mass is 16.2. The van der Waals surface area contributed by atoms with Crippen molar-refractivity contribution in [2.45, 2.75) is 37.6 Å². The highest BCUT2D eigenvalue weighted by molar-refractivity contribution is 6.05. The van der Waals surface area contributed by atoms with Crippen molar-refractivity contribution in [3.8, 4) is 11.1 Å². The fraction of sp³-hybridized carbons (Fsp3) is 0.231. The number of carbonyl (C=O) groups excluding carboxylic acids is 2. The van der Waals surface area contributed by atoms with E-state index in [1.54, 1.807) is 30.6 Å². The van der Waals surface area contributed by atoms with Crippen molar-refractivity contribution >= 4 is 28.7 Å². The molecule has 0 radical (unpaired) electrons. The van der Waals surface area contributed by atoms with Crippen LogP contribution in [0.25, 0.3) is 22.2 Å². The number of hydrogen-bond acceptors (Lipinski definition) is 4. The van der Waals surface area contributed by atoms with E-state index in [1.165, 1.54) is 6.42 Å². The summed E-state index contributed by atoms with van der Waals surface area (Å²) >= 11 is 0. The van der Waals surface area contributed by atoms with Crippen molar-refractivity contribution in [2.24, 2.45) is 0 Å². The van der Waals surface area contributed by atoms with E-state index in [4.69, 9.17) is 0 Å². The largest absolute Gasteiger partial charge is 0.345 e. The SMILES string of the molecule is O=C(Nc1ccc2c(-c3ccc4c(c3)C3(CCCCC3)NC4=O)c[nH]c2n1)c1ccncc1. The van der Waals surface area contributed by atoms with E-state index >= 15 is 0 Å². The van der Waals surface area contributed by atoms with Crippen molar-refractivity contribution < 1.29 is 9.59 Å². The van der Waals surface area contributed by atoms with E-state index in [0.29, 0.717) is 17.0 Å². The van der Waals surface area contributed by atoms with Crippen LogP contribution in [-0.4, -0.2) is 26.8 Å². The van der Waals surface area contributed by atoms with Gasteiger partial charge in [-0.15, -0.1) is 0 Å². The summed E-state index contributed by atoms with van der Waals surface area (Å²) in [7, 11) is 0. The summed E-state index contributed by atoms with van der Waals surface area (Å²) in [6, 6.07) is 13.2. The Morgan fingerprint density at radius 2 is 1.79 bits per heavy atom. The van der Waals surface area contributed by atoms with E-state index in [1.807, 2.05) is 24.4 Å². The first kappa shape index (κ1) is 19.7. The topological polar surface area (TPSA) is 99.8 Å². The first-order chi connectivity index (χ1) is 16.1. The number of pyridine rings is 2. The third kappa shape index (κ3) is 3.28. The van der Waals surface area contributed by atoms with E-state index in [-0.39, 0.29) is 17.4 Å². The minimum atomic E-state index is -0.232. The molecule has 1 aliphatic carbocycles. The molecule has 0 unspecified atom stereocenters. The zero-order valence-corrected chi connectivity index (χ0v) is 18.0. The Morgan fingerprint density at radius 3 is 2.61 bits per heavy atom. The molecule has 4 heterocycles. The number of H-pyrrole nitrogens is 1. The first-order valence-electron chi connectivity index (χ1n) is 11.3. The summed E-state index contributed by atoms with van der Waals surface area (Å²) < 4.78 is 0. The molecular formula is C26H23N5O2. The second-order valence-electron chi connectivity index (χ2n) is 8.84. The molecule has 1 aliphatic heterocycles. The van der Waals surface area contributed by atoms with Crippen LogP contribution in [0.2, 0.25) is 0 Å². The van der Waals surface area contributed by atoms with Gasteiger partial charge in [-0.2, -0.15) is 0 Å². The van der Waals surface area contributed by atoms with Crippen LogP contribution >= 0.6 is 0 Å². The molecule has 1 fully saturated rings. The number of benzene rings is 1. The summed E-state index contributed by atoms with van der Waals surface area (Å²) in [6.07, 6.45) is 10.6. The van der Waals surface area contributed by atoms with Gasteiger partial charge in [0, 0.05) is 40.7 Å². The molecule has 1 spiro atoms. The monoisotopic (exact) mass is 437 g/mol. The number of hydrogen-bond donors (Lipinski definition) is 3. The quantitative estimate of drug-likeness (QED) is 0.429. The number of carbonyl (C=O) groups is 2. The van der Waals surface area contributed by atoms with Gasteiger partial charge in [0.25, 0.3) is 11.8 Å². The first-order valence-corrected chi connectivity index (χ1v) is 11.3. The number of amides is 2. The molecule has 1 saturated carbocycles. The Balaban J connectivity index is 1.33. The smallest absolute Gasteiger partial charge is 0.256 e. The van der Waals surface area contributed by atoms with Gasteiger partial charge in [0.05, 0.1) is 5.54 Å². The second-order valence-corrected chi connectivity index (χ2v) is 8.84. The average molecular weight is 438 g/mol. The molecule has 4 aromatic rings. The molecule has 1 aromatic carbocycles. The lowest BCUT2D eigenvalue weighted by Crippen LogP contribution is -2.40. The van der Waals surface area contributed by atoms with Crippen LogP contribution in [-0.2, 0) is 5.54 Å². The molecular weight excluding hydrogens is 414 g/mol. The highest BCUT2D eigenvalue weighted by Crippen LogP contribution is 2.44. The van der Waals surface area contributed by atoms with Gasteiger partial charge in [-0.25, -0.2) is 4.98 Å². The fourth-order valence-corrected chi connectivity index (χ4v) is 5.21. The van der Waals surface area contributed by atoms with E-state index < -0.39 is 0 Å². The minimum Gasteiger partial charge on any atom is -0.345 e. The van der Waals surface area contributed by atoms with Gasteiger partial charge in [0.2, 0.25) is 0 Å². The van der Waals surface area contributed by atoms with Crippen LogP contribution in [0.4, 0.5) is 5.82 Å². The molecule has 3 N–H and O–H groups in total. The number of rotatable bonds is 3. The number of aromatic nitrogens is 3. The average Bonchev–Trinajstić information content (AvgIpc) is 3.38. The molecule has 3 aromatic heterocycles. The van der Waals surface area contributed by atoms with Crippen molar-refractivity contribution in [1.29, 1.82) is 0 Å². The van der Waals surface area contributed by atoms with E-state index in [9.17, 15) is 9.59 Å². The van der Waals surface area contributed by atoms with Crippen molar-refractivity contribution in [1.82, 2.24) is 20.3 Å². The molecule has 0 atom stereocenters. The van der Waals surface area contributed by atoms with Gasteiger partial charge in [-0.3, -0.25) is 14.6 Å². The Labute approximate surface area is 190 Å². The number of fused-ring (bicyclic) bond motifs is 3. The highest BCUT2D eigenvalue weighted by Gasteiger charge is 2.43. The molecule has 0 saturated heterocycles. The van der Waals surface area contributed by atoms with Crippen LogP contribution < -0.4 is 10.6 Å². The molecule has 2 aliphatic rings. The predicted octanol–water partition coefficient (Wildman–Crippen LogP) is 4.78. The van der Waals surface area contributed by atoms with E-state index in [0.717, 1.165) is 53.3 Å². The maximum atomic E-state index is 12.6. The summed E-state index contributed by atoms with van der Waals surface area (Å²) in [5, 5.41) is 7.08. The molecule has 6 rings (SSSR count). The normalized spacial score (nSPS) is 16.5. The lowest BCUT2D eigenvalue weighted by atomic mass is 9.77. The molecule has 2 amide bonds. The van der Waals surface area contributed by atoms with Crippen LogP contribution in [0.5, 0.6) is 0 Å². The lowest BCUT2D eigenvalue weighted by molar-refractivity contribution is 0.0909. The Bertz CT molecular complexity index is 1390. The van der Waals surface area contributed by atoms with Crippen LogP contribution in [0.1, 0.15) is 58.4 Å². The molecule has 7 heteroatoms. The van der Waals surface area contributed by atoms with Gasteiger partial charge in [-0.05, 0) is 60.4 Å². The minimum absolute atomic E-state index is 0.0358. The van der Waals surface area contributed by atoms with Crippen molar-refractivity contribution in [2.75, 3.05) is 5.32 Å². The molecule has 164 valence electrons. The van der Waals surface area contributed by atoms with Crippen LogP contribution in [0.15, 0.2) is 61.1 Å². The Morgan fingerprint density at radius 1 is 0.970 bits per heavy atom. The number of aromatic amines is 1. The fourth-order valence-electron chi connectivity index (χ4n) is 5.21. The number of nitrogens with zero attached hydrogens (tertiary/aromatic N) is 2. The zero-order chi connectivity index (χ0) is 22.4. The lowest BCUT2D eigenvalue weighted by Gasteiger charge is -2.34. The van der Waals surface area contributed by atoms with Crippen molar-refractivity contribution in [3.63, 3.8) is 0 Å². The van der Waals surface area contributed by atoms with Gasteiger partial charge >= 0.3 is 0 Å². The van der Waals surface area contributed by atoms with Crippen molar-refractivity contribution in [3.05, 3.63) is 77.7 Å². The molecule has 7 nitrogen and oxygen atoms in total. The molecule has 33 heavy (non-hydrogen) atoms. The maximum Gasteiger partial charge on any atom is 0.256 e. The van der Waals surface area contributed by atoms with Crippen LogP contribution in [0, 0.1) is 0 Å². The number of anilines is 1. The number of nitrogens with one attached hydrogen (secondary N) is 3.